The number of aryl methyl sites for hydroxylation is 1. The maximum atomic E-state index is 13.5. The zero-order valence-electron chi connectivity index (χ0n) is 13.6. The van der Waals surface area contributed by atoms with Crippen molar-refractivity contribution in [1.29, 1.82) is 0 Å². The van der Waals surface area contributed by atoms with Crippen LogP contribution in [-0.4, -0.2) is 30.2 Å². The molecule has 1 fully saturated rings. The molecule has 126 valence electrons. The fourth-order valence-corrected chi connectivity index (χ4v) is 2.83. The van der Waals surface area contributed by atoms with Crippen LogP contribution in [0.4, 0.5) is 10.2 Å². The lowest BCUT2D eigenvalue weighted by Crippen LogP contribution is -2.34. The van der Waals surface area contributed by atoms with E-state index in [1.165, 1.54) is 12.1 Å². The van der Waals surface area contributed by atoms with Gasteiger partial charge in [0.05, 0.1) is 0 Å². The third kappa shape index (κ3) is 2.71. The number of aromatic nitrogens is 4. The molecule has 2 heterocycles. The summed E-state index contributed by atoms with van der Waals surface area (Å²) in [7, 11) is 1.78. The van der Waals surface area contributed by atoms with E-state index in [-0.39, 0.29) is 17.5 Å². The third-order valence-corrected chi connectivity index (χ3v) is 4.42. The fraction of sp³-hybridized carbons (Fsp3) is 0.278. The monoisotopic (exact) mass is 337 g/mol. The number of rotatable bonds is 1. The number of fused-ring (bicyclic) bond motifs is 1. The molecule has 0 spiro atoms. The van der Waals surface area contributed by atoms with Crippen LogP contribution in [0, 0.1) is 17.7 Å². The molecule has 25 heavy (non-hydrogen) atoms. The smallest absolute Gasteiger partial charge is 0.209 e. The molecule has 7 heteroatoms. The van der Waals surface area contributed by atoms with Gasteiger partial charge in [0.1, 0.15) is 17.2 Å². The van der Waals surface area contributed by atoms with Gasteiger partial charge in [-0.05, 0) is 37.3 Å². The van der Waals surface area contributed by atoms with Crippen molar-refractivity contribution in [3.63, 3.8) is 0 Å². The lowest BCUT2D eigenvalue weighted by molar-refractivity contribution is 0.0239. The summed E-state index contributed by atoms with van der Waals surface area (Å²) in [5.74, 6) is 6.25. The van der Waals surface area contributed by atoms with E-state index in [1.807, 2.05) is 0 Å². The van der Waals surface area contributed by atoms with Crippen LogP contribution in [0.15, 0.2) is 24.3 Å². The molecule has 1 aliphatic carbocycles. The van der Waals surface area contributed by atoms with Crippen molar-refractivity contribution >= 4 is 17.0 Å². The molecule has 1 saturated carbocycles. The summed E-state index contributed by atoms with van der Waals surface area (Å²) in [6, 6.07) is 6.16. The van der Waals surface area contributed by atoms with E-state index < -0.39 is 5.60 Å². The summed E-state index contributed by atoms with van der Waals surface area (Å²) in [4.78, 5) is 13.0. The zero-order chi connectivity index (χ0) is 17.6. The minimum absolute atomic E-state index is 0.202. The van der Waals surface area contributed by atoms with E-state index >= 15 is 0 Å². The van der Waals surface area contributed by atoms with Gasteiger partial charge in [-0.2, -0.15) is 0 Å². The molecule has 1 aliphatic rings. The summed E-state index contributed by atoms with van der Waals surface area (Å²) in [5.41, 5.74) is 6.64. The lowest BCUT2D eigenvalue weighted by Gasteiger charge is -2.30. The molecule has 0 aliphatic heterocycles. The maximum Gasteiger partial charge on any atom is 0.209 e. The van der Waals surface area contributed by atoms with Crippen LogP contribution in [0.2, 0.25) is 0 Å². The molecule has 0 radical (unpaired) electrons. The summed E-state index contributed by atoms with van der Waals surface area (Å²) in [6.45, 7) is 0. The Bertz CT molecular complexity index is 1040. The van der Waals surface area contributed by atoms with E-state index in [4.69, 9.17) is 5.73 Å². The minimum atomic E-state index is -0.938. The Balaban J connectivity index is 1.82. The molecule has 1 aromatic carbocycles. The van der Waals surface area contributed by atoms with Crippen LogP contribution >= 0.6 is 0 Å². The Morgan fingerprint density at radius 1 is 1.28 bits per heavy atom. The average molecular weight is 337 g/mol. The van der Waals surface area contributed by atoms with Crippen molar-refractivity contribution in [2.75, 3.05) is 5.73 Å². The Kier molecular flexibility index (Phi) is 3.44. The van der Waals surface area contributed by atoms with E-state index in [2.05, 4.69) is 26.8 Å². The number of imidazole rings is 1. The third-order valence-electron chi connectivity index (χ3n) is 4.42. The van der Waals surface area contributed by atoms with Crippen LogP contribution in [0.3, 0.4) is 0 Å². The van der Waals surface area contributed by atoms with Gasteiger partial charge in [-0.1, -0.05) is 18.1 Å². The van der Waals surface area contributed by atoms with Crippen molar-refractivity contribution in [3.05, 3.63) is 35.9 Å². The van der Waals surface area contributed by atoms with Gasteiger partial charge in [-0.15, -0.1) is 0 Å². The van der Waals surface area contributed by atoms with Crippen molar-refractivity contribution < 1.29 is 9.50 Å². The van der Waals surface area contributed by atoms with Crippen LogP contribution in [0.1, 0.15) is 25.1 Å². The predicted octanol–water partition coefficient (Wildman–Crippen LogP) is 2.02. The van der Waals surface area contributed by atoms with Crippen molar-refractivity contribution in [2.45, 2.75) is 24.9 Å². The Morgan fingerprint density at radius 3 is 2.76 bits per heavy atom. The van der Waals surface area contributed by atoms with E-state index in [0.29, 0.717) is 35.4 Å². The second kappa shape index (κ2) is 5.53. The topological polar surface area (TPSA) is 89.9 Å². The number of halogens is 1. The second-order valence-corrected chi connectivity index (χ2v) is 6.24. The molecule has 2 aromatic heterocycles. The first-order valence-electron chi connectivity index (χ1n) is 7.97. The summed E-state index contributed by atoms with van der Waals surface area (Å²) in [5, 5.41) is 10.1. The highest BCUT2D eigenvalue weighted by atomic mass is 19.1. The zero-order valence-corrected chi connectivity index (χ0v) is 13.6. The number of hydrogen-bond acceptors (Lipinski definition) is 5. The lowest BCUT2D eigenvalue weighted by atomic mass is 9.81. The number of aliphatic hydroxyl groups is 1. The van der Waals surface area contributed by atoms with Gasteiger partial charge in [-0.3, -0.25) is 0 Å². The minimum Gasteiger partial charge on any atom is -0.382 e. The number of hydrogen-bond donors (Lipinski definition) is 2. The van der Waals surface area contributed by atoms with Crippen LogP contribution in [-0.2, 0) is 7.05 Å². The molecule has 0 amide bonds. The summed E-state index contributed by atoms with van der Waals surface area (Å²) >= 11 is 0. The van der Waals surface area contributed by atoms with E-state index in [1.54, 1.807) is 23.7 Å². The highest BCUT2D eigenvalue weighted by Crippen LogP contribution is 2.30. The van der Waals surface area contributed by atoms with Crippen molar-refractivity contribution in [2.24, 2.45) is 7.05 Å². The van der Waals surface area contributed by atoms with Crippen LogP contribution < -0.4 is 5.73 Å². The molecule has 0 unspecified atom stereocenters. The van der Waals surface area contributed by atoms with Crippen LogP contribution in [0.5, 0.6) is 0 Å². The maximum absolute atomic E-state index is 13.5. The van der Waals surface area contributed by atoms with Crippen molar-refractivity contribution in [1.82, 2.24) is 19.5 Å². The summed E-state index contributed by atoms with van der Waals surface area (Å²) < 4.78 is 15.2. The van der Waals surface area contributed by atoms with Gasteiger partial charge in [0, 0.05) is 12.6 Å². The molecule has 3 N–H and O–H groups in total. The normalized spacial score (nSPS) is 15.5. The Hall–Kier alpha value is -2.98. The molecule has 0 atom stereocenters. The molecule has 4 rings (SSSR count). The first-order valence-corrected chi connectivity index (χ1v) is 7.97. The molecule has 6 nitrogen and oxygen atoms in total. The van der Waals surface area contributed by atoms with Gasteiger partial charge in [0.25, 0.3) is 0 Å². The highest BCUT2D eigenvalue weighted by Gasteiger charge is 2.32. The van der Waals surface area contributed by atoms with Gasteiger partial charge < -0.3 is 15.4 Å². The number of benzene rings is 1. The molecule has 0 bridgehead atoms. The average Bonchev–Trinajstić information content (AvgIpc) is 2.89. The van der Waals surface area contributed by atoms with Gasteiger partial charge in [-0.25, -0.2) is 19.3 Å². The molecular weight excluding hydrogens is 321 g/mol. The highest BCUT2D eigenvalue weighted by molar-refractivity contribution is 5.85. The first kappa shape index (κ1) is 15.5. The fourth-order valence-electron chi connectivity index (χ4n) is 2.83. The Morgan fingerprint density at radius 2 is 2.08 bits per heavy atom. The van der Waals surface area contributed by atoms with Crippen molar-refractivity contribution in [3.8, 4) is 23.2 Å². The largest absolute Gasteiger partial charge is 0.382 e. The predicted molar refractivity (Wildman–Crippen MR) is 91.8 cm³/mol. The molecule has 3 aromatic rings. The quantitative estimate of drug-likeness (QED) is 0.663. The SMILES string of the molecule is Cn1c(-c2cccc(F)c2)nc2c(N)nc(C#CC3(O)CCC3)nc21. The molecule has 0 saturated heterocycles. The van der Waals surface area contributed by atoms with Crippen LogP contribution in [0.25, 0.3) is 22.6 Å². The first-order chi connectivity index (χ1) is 12.0. The Labute approximate surface area is 143 Å². The number of anilines is 1. The van der Waals surface area contributed by atoms with E-state index in [0.717, 1.165) is 6.42 Å². The molecular formula is C18H16FN5O. The number of nitrogens with two attached hydrogens (primary N) is 1. The van der Waals surface area contributed by atoms with Gasteiger partial charge in [0.2, 0.25) is 5.82 Å². The number of nitrogens with zero attached hydrogens (tertiary/aromatic N) is 4. The second-order valence-electron chi connectivity index (χ2n) is 6.24. The van der Waals surface area contributed by atoms with E-state index in [9.17, 15) is 9.50 Å². The summed E-state index contributed by atoms with van der Waals surface area (Å²) in [6.07, 6.45) is 2.28. The standard InChI is InChI=1S/C18H16FN5O/c1-24-16(11-4-2-5-12(19)10-11)23-14-15(20)21-13(22-17(14)24)6-9-18(25)7-3-8-18/h2,4-5,10,25H,3,7-8H2,1H3,(H2,20,21,22). The van der Waals surface area contributed by atoms with Gasteiger partial charge in [0.15, 0.2) is 17.0 Å². The van der Waals surface area contributed by atoms with Gasteiger partial charge >= 0.3 is 0 Å². The number of nitrogen functional groups attached to an aromatic ring is 1.